The molecule has 0 aromatic carbocycles. The largest absolute Gasteiger partial charge is 2.00 e. The minimum atomic E-state index is -0.894. The van der Waals surface area contributed by atoms with Crippen molar-refractivity contribution in [2.75, 3.05) is 0 Å². The van der Waals surface area contributed by atoms with Crippen molar-refractivity contribution in [1.82, 2.24) is 0 Å². The molecular weight excluding hydrogens is 363 g/mol. The fourth-order valence-electron chi connectivity index (χ4n) is 4.27. The minimum Gasteiger partial charge on any atom is -0.550 e. The van der Waals surface area contributed by atoms with Crippen molar-refractivity contribution < 1.29 is 36.6 Å². The van der Waals surface area contributed by atoms with Gasteiger partial charge in [-0.2, -0.15) is 0 Å². The summed E-state index contributed by atoms with van der Waals surface area (Å²) in [7, 11) is 0. The van der Waals surface area contributed by atoms with Crippen molar-refractivity contribution >= 4 is 11.9 Å². The summed E-state index contributed by atoms with van der Waals surface area (Å²) in [4.78, 5) is 20.4. The van der Waals surface area contributed by atoms with Gasteiger partial charge in [-0.1, -0.05) is 52.4 Å². The third-order valence-electron chi connectivity index (χ3n) is 5.97. The van der Waals surface area contributed by atoms with Crippen LogP contribution in [0.1, 0.15) is 90.9 Å². The molecule has 4 atom stereocenters. The molecule has 4 nitrogen and oxygen atoms in total. The molecule has 0 amide bonds. The second kappa shape index (κ2) is 13.6. The van der Waals surface area contributed by atoms with E-state index in [4.69, 9.17) is 0 Å². The van der Waals surface area contributed by atoms with Crippen molar-refractivity contribution in [2.45, 2.75) is 90.9 Å². The van der Waals surface area contributed by atoms with E-state index in [1.807, 2.05) is 0 Å². The van der Waals surface area contributed by atoms with Gasteiger partial charge in [0.25, 0.3) is 0 Å². The first kappa shape index (κ1) is 24.4. The second-order valence-corrected chi connectivity index (χ2v) is 7.73. The number of carbonyl (C=O) groups excluding carboxylic acids is 2. The van der Waals surface area contributed by atoms with Gasteiger partial charge in [-0.25, -0.2) is 0 Å². The molecule has 4 unspecified atom stereocenters. The van der Waals surface area contributed by atoms with E-state index in [9.17, 15) is 19.8 Å². The zero-order valence-corrected chi connectivity index (χ0v) is 16.8. The third kappa shape index (κ3) is 10.9. The maximum Gasteiger partial charge on any atom is 2.00 e. The Morgan fingerprint density at radius 2 is 1.04 bits per heavy atom. The Labute approximate surface area is 163 Å². The number of hydrogen-bond acceptors (Lipinski definition) is 4. The summed E-state index contributed by atoms with van der Waals surface area (Å²) >= 11 is 0. The Bertz CT molecular complexity index is 350. The van der Waals surface area contributed by atoms with Gasteiger partial charge >= 0.3 is 16.8 Å². The van der Waals surface area contributed by atoms with E-state index < -0.39 is 11.9 Å². The van der Waals surface area contributed by atoms with Gasteiger partial charge in [-0.05, 0) is 62.2 Å². The molecule has 0 aliphatic heterocycles. The maximum atomic E-state index is 10.2. The van der Waals surface area contributed by atoms with E-state index in [-0.39, 0.29) is 29.6 Å². The summed E-state index contributed by atoms with van der Waals surface area (Å²) in [6.07, 6.45) is 12.2. The Hall–Kier alpha value is -0.554. The van der Waals surface area contributed by atoms with Gasteiger partial charge in [-0.3, -0.25) is 0 Å². The Morgan fingerprint density at radius 3 is 1.28 bits per heavy atom. The van der Waals surface area contributed by atoms with Crippen LogP contribution in [0.15, 0.2) is 0 Å². The Kier molecular flexibility index (Phi) is 13.3. The van der Waals surface area contributed by atoms with Gasteiger partial charge in [-0.15, -0.1) is 0 Å². The summed E-state index contributed by atoms with van der Waals surface area (Å²) in [6, 6.07) is 0. The molecule has 2 aliphatic carbocycles. The summed E-state index contributed by atoms with van der Waals surface area (Å²) in [6.45, 7) is 4.43. The van der Waals surface area contributed by atoms with E-state index >= 15 is 0 Å². The van der Waals surface area contributed by atoms with Crippen LogP contribution in [0.3, 0.4) is 0 Å². The van der Waals surface area contributed by atoms with Crippen molar-refractivity contribution in [1.29, 1.82) is 0 Å². The molecule has 0 heterocycles. The van der Waals surface area contributed by atoms with Crippen molar-refractivity contribution in [3.63, 3.8) is 0 Å². The average molecular weight is 397 g/mol. The van der Waals surface area contributed by atoms with Crippen LogP contribution < -0.4 is 10.2 Å². The fraction of sp³-hybridized carbons (Fsp3) is 0.900. The standard InChI is InChI=1S/2C10H18O2.Co/c2*1-2-8-3-4-9(7-8)5-6-10(11)12;/h2*8-9H,2-7H2,1H3,(H,11,12);/q;;+2/p-2. The Balaban J connectivity index is 0.000000443. The van der Waals surface area contributed by atoms with Crippen LogP contribution in [0, 0.1) is 23.7 Å². The van der Waals surface area contributed by atoms with Crippen molar-refractivity contribution in [2.24, 2.45) is 23.7 Å². The number of carboxylic acid groups (broad SMARTS) is 2. The van der Waals surface area contributed by atoms with E-state index in [1.54, 1.807) is 0 Å². The predicted molar refractivity (Wildman–Crippen MR) is 90.7 cm³/mol. The molecule has 2 fully saturated rings. The normalized spacial score (nSPS) is 27.9. The van der Waals surface area contributed by atoms with Gasteiger partial charge in [0.05, 0.1) is 0 Å². The van der Waals surface area contributed by atoms with Crippen LogP contribution in [0.5, 0.6) is 0 Å². The molecule has 2 aliphatic rings. The smallest absolute Gasteiger partial charge is 0.550 e. The second-order valence-electron chi connectivity index (χ2n) is 7.73. The van der Waals surface area contributed by atoms with Crippen LogP contribution >= 0.6 is 0 Å². The molecule has 0 aromatic heterocycles. The van der Waals surface area contributed by atoms with Crippen molar-refractivity contribution in [3.8, 4) is 0 Å². The molecular formula is C20H34CoO4. The molecule has 0 aromatic rings. The molecule has 2 saturated carbocycles. The van der Waals surface area contributed by atoms with E-state index in [1.165, 1.54) is 51.4 Å². The van der Waals surface area contributed by atoms with E-state index in [0.29, 0.717) is 11.8 Å². The zero-order valence-electron chi connectivity index (χ0n) is 15.8. The summed E-state index contributed by atoms with van der Waals surface area (Å²) in [5.74, 6) is 1.25. The summed E-state index contributed by atoms with van der Waals surface area (Å²) < 4.78 is 0. The number of carboxylic acids is 2. The molecule has 2 rings (SSSR count). The van der Waals surface area contributed by atoms with E-state index in [0.717, 1.165) is 24.7 Å². The van der Waals surface area contributed by atoms with E-state index in [2.05, 4.69) is 13.8 Å². The monoisotopic (exact) mass is 397 g/mol. The van der Waals surface area contributed by atoms with Gasteiger partial charge in [0.1, 0.15) is 0 Å². The van der Waals surface area contributed by atoms with Gasteiger partial charge in [0, 0.05) is 11.9 Å². The number of rotatable bonds is 8. The third-order valence-corrected chi connectivity index (χ3v) is 5.97. The van der Waals surface area contributed by atoms with Crippen LogP contribution in [0.2, 0.25) is 0 Å². The number of aliphatic carboxylic acids is 2. The quantitative estimate of drug-likeness (QED) is 0.631. The zero-order chi connectivity index (χ0) is 17.9. The molecule has 147 valence electrons. The Morgan fingerprint density at radius 1 is 0.720 bits per heavy atom. The molecule has 0 saturated heterocycles. The van der Waals surface area contributed by atoms with Crippen molar-refractivity contribution in [3.05, 3.63) is 0 Å². The summed E-state index contributed by atoms with van der Waals surface area (Å²) in [5.41, 5.74) is 0. The first-order chi connectivity index (χ1) is 11.4. The molecule has 5 heteroatoms. The molecule has 1 radical (unpaired) electrons. The molecule has 0 bridgehead atoms. The van der Waals surface area contributed by atoms with Gasteiger partial charge < -0.3 is 19.8 Å². The van der Waals surface area contributed by atoms with Gasteiger partial charge in [0.2, 0.25) is 0 Å². The summed E-state index contributed by atoms with van der Waals surface area (Å²) in [5, 5.41) is 20.4. The number of carbonyl (C=O) groups is 2. The predicted octanol–water partition coefficient (Wildman–Crippen LogP) is 2.68. The molecule has 0 N–H and O–H groups in total. The van der Waals surface area contributed by atoms with Crippen LogP contribution in [0.4, 0.5) is 0 Å². The average Bonchev–Trinajstić information content (AvgIpc) is 3.20. The first-order valence-corrected chi connectivity index (χ1v) is 9.84. The van der Waals surface area contributed by atoms with Gasteiger partial charge in [0.15, 0.2) is 0 Å². The fourth-order valence-corrected chi connectivity index (χ4v) is 4.27. The molecule has 0 spiro atoms. The SMILES string of the molecule is CCC1CCC(CCC(=O)[O-])C1.CCC1CCC(CCC(=O)[O-])C1.[Co+2]. The first-order valence-electron chi connectivity index (χ1n) is 9.84. The molecule has 25 heavy (non-hydrogen) atoms. The van der Waals surface area contributed by atoms with Crippen LogP contribution in [0.25, 0.3) is 0 Å². The van der Waals surface area contributed by atoms with Crippen LogP contribution in [-0.2, 0) is 26.4 Å². The minimum absolute atomic E-state index is 0. The number of hydrogen-bond donors (Lipinski definition) is 0. The topological polar surface area (TPSA) is 80.3 Å². The van der Waals surface area contributed by atoms with Crippen LogP contribution in [-0.4, -0.2) is 11.9 Å². The maximum absolute atomic E-state index is 10.2.